The second kappa shape index (κ2) is 7.55. The van der Waals surface area contributed by atoms with E-state index in [1.807, 2.05) is 43.3 Å². The van der Waals surface area contributed by atoms with Crippen LogP contribution in [-0.2, 0) is 9.59 Å². The maximum absolute atomic E-state index is 11.0. The van der Waals surface area contributed by atoms with Gasteiger partial charge in [0, 0.05) is 12.3 Å². The molecule has 0 aliphatic carbocycles. The molecule has 0 N–H and O–H groups in total. The fraction of sp³-hybridized carbons (Fsp3) is 0.333. The molecule has 0 aliphatic heterocycles. The van der Waals surface area contributed by atoms with Gasteiger partial charge in [0.2, 0.25) is 0 Å². The number of allylic oxidation sites excluding steroid dienone is 2. The van der Waals surface area contributed by atoms with Gasteiger partial charge in [-0.3, -0.25) is 0 Å². The van der Waals surface area contributed by atoms with Crippen LogP contribution in [0.5, 0.6) is 0 Å². The summed E-state index contributed by atoms with van der Waals surface area (Å²) in [5.41, 5.74) is 2.24. The van der Waals surface area contributed by atoms with E-state index in [0.29, 0.717) is 12.8 Å². The molecule has 0 bridgehead atoms. The summed E-state index contributed by atoms with van der Waals surface area (Å²) in [6, 6.07) is 8.02. The zero-order valence-corrected chi connectivity index (χ0v) is 10.1. The Morgan fingerprint density at radius 2 is 1.76 bits per heavy atom. The molecular weight excluding hydrogens is 212 g/mol. The summed E-state index contributed by atoms with van der Waals surface area (Å²) in [6.07, 6.45) is 7.82. The second-order valence-corrected chi connectivity index (χ2v) is 4.10. The van der Waals surface area contributed by atoms with E-state index in [1.54, 1.807) is 0 Å². The minimum Gasteiger partial charge on any atom is -0.303 e. The molecule has 0 spiro atoms. The summed E-state index contributed by atoms with van der Waals surface area (Å²) >= 11 is 0. The monoisotopic (exact) mass is 230 g/mol. The standard InChI is InChI=1S/C15H18O2/c1-13-7-9-14(10-8-13)15(12-17)6-4-2-3-5-11-16/h2,4,7-12,15H,3,5-6H2,1H3/b4-2+. The van der Waals surface area contributed by atoms with E-state index in [1.165, 1.54) is 5.56 Å². The van der Waals surface area contributed by atoms with Crippen molar-refractivity contribution in [2.45, 2.75) is 32.1 Å². The molecule has 0 fully saturated rings. The Balaban J connectivity index is 2.53. The molecule has 17 heavy (non-hydrogen) atoms. The topological polar surface area (TPSA) is 34.1 Å². The molecule has 0 amide bonds. The predicted molar refractivity (Wildman–Crippen MR) is 69.0 cm³/mol. The van der Waals surface area contributed by atoms with E-state index >= 15 is 0 Å². The lowest BCUT2D eigenvalue weighted by Gasteiger charge is -2.08. The van der Waals surface area contributed by atoms with Gasteiger partial charge in [-0.2, -0.15) is 0 Å². The zero-order chi connectivity index (χ0) is 12.5. The van der Waals surface area contributed by atoms with Gasteiger partial charge in [0.1, 0.15) is 12.6 Å². The van der Waals surface area contributed by atoms with Crippen molar-refractivity contribution < 1.29 is 9.59 Å². The van der Waals surface area contributed by atoms with Crippen LogP contribution in [0.1, 0.15) is 36.3 Å². The van der Waals surface area contributed by atoms with Crippen molar-refractivity contribution in [1.29, 1.82) is 0 Å². The van der Waals surface area contributed by atoms with Crippen molar-refractivity contribution in [3.8, 4) is 0 Å². The number of carbonyl (C=O) groups is 2. The largest absolute Gasteiger partial charge is 0.303 e. The quantitative estimate of drug-likeness (QED) is 0.409. The Labute approximate surface area is 102 Å². The van der Waals surface area contributed by atoms with Gasteiger partial charge in [-0.1, -0.05) is 42.0 Å². The van der Waals surface area contributed by atoms with Crippen molar-refractivity contribution in [3.63, 3.8) is 0 Å². The van der Waals surface area contributed by atoms with Gasteiger partial charge in [-0.25, -0.2) is 0 Å². The van der Waals surface area contributed by atoms with E-state index in [4.69, 9.17) is 0 Å². The van der Waals surface area contributed by atoms with Gasteiger partial charge in [-0.15, -0.1) is 0 Å². The lowest BCUT2D eigenvalue weighted by molar-refractivity contribution is -0.109. The highest BCUT2D eigenvalue weighted by Crippen LogP contribution is 2.18. The summed E-state index contributed by atoms with van der Waals surface area (Å²) < 4.78 is 0. The van der Waals surface area contributed by atoms with Crippen molar-refractivity contribution in [2.24, 2.45) is 0 Å². The van der Waals surface area contributed by atoms with Gasteiger partial charge >= 0.3 is 0 Å². The normalized spacial score (nSPS) is 12.5. The number of carbonyl (C=O) groups excluding carboxylic acids is 2. The first-order valence-electron chi connectivity index (χ1n) is 5.88. The summed E-state index contributed by atoms with van der Waals surface area (Å²) in [5.74, 6) is -0.0805. The first-order chi connectivity index (χ1) is 8.27. The van der Waals surface area contributed by atoms with E-state index in [9.17, 15) is 9.59 Å². The van der Waals surface area contributed by atoms with E-state index in [0.717, 1.165) is 24.6 Å². The molecule has 1 aromatic rings. The maximum atomic E-state index is 11.0. The molecule has 1 unspecified atom stereocenters. The Kier molecular flexibility index (Phi) is 5.94. The third-order valence-electron chi connectivity index (χ3n) is 2.68. The van der Waals surface area contributed by atoms with Crippen LogP contribution in [0.25, 0.3) is 0 Å². The van der Waals surface area contributed by atoms with Gasteiger partial charge in [0.05, 0.1) is 0 Å². The van der Waals surface area contributed by atoms with Crippen LogP contribution >= 0.6 is 0 Å². The first-order valence-corrected chi connectivity index (χ1v) is 5.88. The average Bonchev–Trinajstić information content (AvgIpc) is 2.35. The minimum absolute atomic E-state index is 0.0805. The number of hydrogen-bond acceptors (Lipinski definition) is 2. The Morgan fingerprint density at radius 3 is 2.35 bits per heavy atom. The highest BCUT2D eigenvalue weighted by molar-refractivity contribution is 5.62. The molecule has 1 rings (SSSR count). The zero-order valence-electron chi connectivity index (χ0n) is 10.1. The van der Waals surface area contributed by atoms with E-state index < -0.39 is 0 Å². The van der Waals surface area contributed by atoms with Crippen LogP contribution in [0.3, 0.4) is 0 Å². The fourth-order valence-electron chi connectivity index (χ4n) is 1.61. The summed E-state index contributed by atoms with van der Waals surface area (Å²) in [7, 11) is 0. The molecule has 0 saturated heterocycles. The third-order valence-corrected chi connectivity index (χ3v) is 2.68. The van der Waals surface area contributed by atoms with Crippen LogP contribution in [0.15, 0.2) is 36.4 Å². The molecule has 90 valence electrons. The maximum Gasteiger partial charge on any atom is 0.127 e. The highest BCUT2D eigenvalue weighted by Gasteiger charge is 2.07. The Hall–Kier alpha value is -1.70. The number of rotatable bonds is 7. The molecular formula is C15H18O2. The number of unbranched alkanes of at least 4 members (excludes halogenated alkanes) is 1. The molecule has 0 aromatic heterocycles. The summed E-state index contributed by atoms with van der Waals surface area (Å²) in [6.45, 7) is 2.03. The SMILES string of the molecule is Cc1ccc(C(C=O)C/C=C/CCC=O)cc1. The van der Waals surface area contributed by atoms with Crippen LogP contribution in [-0.4, -0.2) is 12.6 Å². The predicted octanol–water partition coefficient (Wildman–Crippen LogP) is 3.20. The van der Waals surface area contributed by atoms with Crippen molar-refractivity contribution in [2.75, 3.05) is 0 Å². The number of benzene rings is 1. The third kappa shape index (κ3) is 4.77. The van der Waals surface area contributed by atoms with Gasteiger partial charge in [0.15, 0.2) is 0 Å². The summed E-state index contributed by atoms with van der Waals surface area (Å²) in [5, 5.41) is 0. The van der Waals surface area contributed by atoms with Gasteiger partial charge < -0.3 is 9.59 Å². The van der Waals surface area contributed by atoms with Crippen LogP contribution in [0.4, 0.5) is 0 Å². The molecule has 0 radical (unpaired) electrons. The molecule has 1 aromatic carbocycles. The van der Waals surface area contributed by atoms with Crippen LogP contribution in [0, 0.1) is 6.92 Å². The molecule has 0 aliphatic rings. The highest BCUT2D eigenvalue weighted by atomic mass is 16.1. The smallest absolute Gasteiger partial charge is 0.127 e. The number of aryl methyl sites for hydroxylation is 1. The van der Waals surface area contributed by atoms with Crippen molar-refractivity contribution in [1.82, 2.24) is 0 Å². The molecule has 2 nitrogen and oxygen atoms in total. The van der Waals surface area contributed by atoms with E-state index in [2.05, 4.69) is 0 Å². The molecule has 0 saturated carbocycles. The van der Waals surface area contributed by atoms with Crippen molar-refractivity contribution in [3.05, 3.63) is 47.5 Å². The Morgan fingerprint density at radius 1 is 1.06 bits per heavy atom. The molecule has 1 atom stereocenters. The first kappa shape index (κ1) is 13.4. The average molecular weight is 230 g/mol. The van der Waals surface area contributed by atoms with Crippen LogP contribution < -0.4 is 0 Å². The minimum atomic E-state index is -0.0805. The van der Waals surface area contributed by atoms with Crippen molar-refractivity contribution >= 4 is 12.6 Å². The molecule has 2 heteroatoms. The molecule has 0 heterocycles. The van der Waals surface area contributed by atoms with E-state index in [-0.39, 0.29) is 5.92 Å². The lowest BCUT2D eigenvalue weighted by Crippen LogP contribution is -1.98. The van der Waals surface area contributed by atoms with Gasteiger partial charge in [0.25, 0.3) is 0 Å². The second-order valence-electron chi connectivity index (χ2n) is 4.10. The van der Waals surface area contributed by atoms with Crippen LogP contribution in [0.2, 0.25) is 0 Å². The summed E-state index contributed by atoms with van der Waals surface area (Å²) in [4.78, 5) is 21.1. The number of aldehydes is 2. The number of hydrogen-bond donors (Lipinski definition) is 0. The lowest BCUT2D eigenvalue weighted by atomic mass is 9.96. The fourth-order valence-corrected chi connectivity index (χ4v) is 1.61. The van der Waals surface area contributed by atoms with Gasteiger partial charge in [-0.05, 0) is 25.3 Å². The Bertz CT molecular complexity index is 376.